The maximum absolute atomic E-state index is 5.13. The normalized spacial score (nSPS) is 12.6. The van der Waals surface area contributed by atoms with Gasteiger partial charge in [0.2, 0.25) is 0 Å². The Bertz CT molecular complexity index is 1340. The summed E-state index contributed by atoms with van der Waals surface area (Å²) in [5.41, 5.74) is 6.55. The van der Waals surface area contributed by atoms with Gasteiger partial charge in [-0.25, -0.2) is 4.98 Å². The van der Waals surface area contributed by atoms with Gasteiger partial charge in [0.05, 0.1) is 29.1 Å². The number of pyridine rings is 2. The fourth-order valence-corrected chi connectivity index (χ4v) is 4.13. The van der Waals surface area contributed by atoms with Crippen LogP contribution in [-0.4, -0.2) is 14.5 Å². The average Bonchev–Trinajstić information content (AvgIpc) is 3.27. The molecule has 29 heavy (non-hydrogen) atoms. The third-order valence-electron chi connectivity index (χ3n) is 5.49. The van der Waals surface area contributed by atoms with Crippen molar-refractivity contribution in [1.82, 2.24) is 14.5 Å². The first-order valence-electron chi connectivity index (χ1n) is 9.73. The van der Waals surface area contributed by atoms with Crippen molar-refractivity contribution in [2.45, 2.75) is 6.54 Å². The van der Waals surface area contributed by atoms with Gasteiger partial charge in [-0.3, -0.25) is 4.98 Å². The number of hydrogen-bond donors (Lipinski definition) is 0. The van der Waals surface area contributed by atoms with Crippen LogP contribution in [-0.2, 0) is 6.54 Å². The molecule has 0 atom stereocenters. The second kappa shape index (κ2) is 6.31. The molecule has 0 spiro atoms. The SMILES string of the molecule is c1ccc(-c2cc3ncccc3c(N3Cc4cccn4-c4ccccc43)n2)cc1. The van der Waals surface area contributed by atoms with Crippen molar-refractivity contribution >= 4 is 22.4 Å². The van der Waals surface area contributed by atoms with Gasteiger partial charge in [-0.05, 0) is 42.5 Å². The molecule has 0 saturated carbocycles. The van der Waals surface area contributed by atoms with Gasteiger partial charge in [0, 0.05) is 29.0 Å². The molecule has 0 N–H and O–H groups in total. The van der Waals surface area contributed by atoms with E-state index in [1.165, 1.54) is 11.4 Å². The van der Waals surface area contributed by atoms with Crippen molar-refractivity contribution < 1.29 is 0 Å². The van der Waals surface area contributed by atoms with Crippen molar-refractivity contribution in [3.8, 4) is 16.9 Å². The third kappa shape index (κ3) is 2.53. The Hall–Kier alpha value is -3.92. The number of rotatable bonds is 2. The largest absolute Gasteiger partial charge is 0.318 e. The molecular formula is C25H18N4. The van der Waals surface area contributed by atoms with Crippen LogP contribution in [0.4, 0.5) is 11.5 Å². The Morgan fingerprint density at radius 1 is 0.759 bits per heavy atom. The summed E-state index contributed by atoms with van der Waals surface area (Å²) in [6.07, 6.45) is 3.97. The van der Waals surface area contributed by atoms with Gasteiger partial charge >= 0.3 is 0 Å². The number of fused-ring (bicyclic) bond motifs is 4. The van der Waals surface area contributed by atoms with Crippen LogP contribution in [0.5, 0.6) is 0 Å². The number of nitrogens with zero attached hydrogens (tertiary/aromatic N) is 4. The highest BCUT2D eigenvalue weighted by atomic mass is 15.2. The van der Waals surface area contributed by atoms with E-state index in [1.807, 2.05) is 30.5 Å². The van der Waals surface area contributed by atoms with Crippen molar-refractivity contribution in [3.05, 3.63) is 103 Å². The van der Waals surface area contributed by atoms with Gasteiger partial charge in [-0.2, -0.15) is 0 Å². The predicted molar refractivity (Wildman–Crippen MR) is 117 cm³/mol. The molecule has 0 radical (unpaired) electrons. The van der Waals surface area contributed by atoms with E-state index in [0.29, 0.717) is 0 Å². The minimum atomic E-state index is 0.763. The zero-order valence-corrected chi connectivity index (χ0v) is 15.7. The van der Waals surface area contributed by atoms with Crippen molar-refractivity contribution in [2.24, 2.45) is 0 Å². The quantitative estimate of drug-likeness (QED) is 0.395. The summed E-state index contributed by atoms with van der Waals surface area (Å²) >= 11 is 0. The van der Waals surface area contributed by atoms with E-state index in [0.717, 1.165) is 40.2 Å². The van der Waals surface area contributed by atoms with Gasteiger partial charge in [-0.15, -0.1) is 0 Å². The van der Waals surface area contributed by atoms with Crippen LogP contribution in [0.25, 0.3) is 27.8 Å². The number of para-hydroxylation sites is 2. The second-order valence-electron chi connectivity index (χ2n) is 7.21. The molecule has 3 aromatic heterocycles. The summed E-state index contributed by atoms with van der Waals surface area (Å²) in [7, 11) is 0. The van der Waals surface area contributed by atoms with E-state index in [-0.39, 0.29) is 0 Å². The Morgan fingerprint density at radius 2 is 1.59 bits per heavy atom. The molecule has 0 amide bonds. The molecule has 0 unspecified atom stereocenters. The summed E-state index contributed by atoms with van der Waals surface area (Å²) in [4.78, 5) is 12.1. The summed E-state index contributed by atoms with van der Waals surface area (Å²) < 4.78 is 2.26. The lowest BCUT2D eigenvalue weighted by molar-refractivity contribution is 0.825. The van der Waals surface area contributed by atoms with Crippen LogP contribution in [0.3, 0.4) is 0 Å². The molecule has 4 nitrogen and oxygen atoms in total. The van der Waals surface area contributed by atoms with Crippen LogP contribution >= 0.6 is 0 Å². The van der Waals surface area contributed by atoms with E-state index in [1.54, 1.807) is 0 Å². The number of hydrogen-bond acceptors (Lipinski definition) is 3. The van der Waals surface area contributed by atoms with E-state index < -0.39 is 0 Å². The molecule has 5 aromatic rings. The standard InChI is InChI=1S/C25H18N4/c1-2-8-18(9-3-1)21-16-22-20(11-6-14-26-22)25(27-21)29-17-19-10-7-15-28(19)23-12-4-5-13-24(23)29/h1-16H,17H2. The van der Waals surface area contributed by atoms with Gasteiger partial charge in [0.1, 0.15) is 5.82 Å². The second-order valence-corrected chi connectivity index (χ2v) is 7.21. The number of aromatic nitrogens is 3. The van der Waals surface area contributed by atoms with Gasteiger partial charge in [0.25, 0.3) is 0 Å². The topological polar surface area (TPSA) is 34.0 Å². The first-order valence-corrected chi connectivity index (χ1v) is 9.73. The molecule has 0 fully saturated rings. The Balaban J connectivity index is 1.62. The molecule has 2 aromatic carbocycles. The average molecular weight is 374 g/mol. The van der Waals surface area contributed by atoms with E-state index >= 15 is 0 Å². The van der Waals surface area contributed by atoms with E-state index in [2.05, 4.69) is 81.3 Å². The molecule has 138 valence electrons. The lowest BCUT2D eigenvalue weighted by Crippen LogP contribution is -2.25. The maximum atomic E-state index is 5.13. The molecular weight excluding hydrogens is 356 g/mol. The summed E-state index contributed by atoms with van der Waals surface area (Å²) in [5.74, 6) is 0.939. The Kier molecular flexibility index (Phi) is 3.50. The van der Waals surface area contributed by atoms with E-state index in [4.69, 9.17) is 4.98 Å². The maximum Gasteiger partial charge on any atom is 0.143 e. The van der Waals surface area contributed by atoms with Crippen LogP contribution in [0.1, 0.15) is 5.69 Å². The molecule has 4 heterocycles. The highest BCUT2D eigenvalue weighted by Gasteiger charge is 2.25. The van der Waals surface area contributed by atoms with Gasteiger partial charge in [-0.1, -0.05) is 42.5 Å². The third-order valence-corrected chi connectivity index (χ3v) is 5.49. The molecule has 0 aliphatic carbocycles. The predicted octanol–water partition coefficient (Wildman–Crippen LogP) is 5.74. The molecule has 1 aliphatic heterocycles. The van der Waals surface area contributed by atoms with Crippen LogP contribution < -0.4 is 4.90 Å². The number of anilines is 2. The molecule has 1 aliphatic rings. The molecule has 0 saturated heterocycles. The van der Waals surface area contributed by atoms with Crippen LogP contribution in [0.15, 0.2) is 97.3 Å². The van der Waals surface area contributed by atoms with Crippen LogP contribution in [0.2, 0.25) is 0 Å². The van der Waals surface area contributed by atoms with Crippen molar-refractivity contribution in [1.29, 1.82) is 0 Å². The molecule has 6 rings (SSSR count). The first-order chi connectivity index (χ1) is 14.4. The molecule has 0 bridgehead atoms. The lowest BCUT2D eigenvalue weighted by atomic mass is 10.1. The highest BCUT2D eigenvalue weighted by molar-refractivity contribution is 5.95. The lowest BCUT2D eigenvalue weighted by Gasteiger charge is -2.32. The summed E-state index contributed by atoms with van der Waals surface area (Å²) in [5, 5.41) is 1.06. The first kappa shape index (κ1) is 16.1. The fourth-order valence-electron chi connectivity index (χ4n) is 4.13. The van der Waals surface area contributed by atoms with Crippen molar-refractivity contribution in [3.63, 3.8) is 0 Å². The van der Waals surface area contributed by atoms with E-state index in [9.17, 15) is 0 Å². The number of benzene rings is 2. The zero-order chi connectivity index (χ0) is 19.2. The minimum absolute atomic E-state index is 0.763. The smallest absolute Gasteiger partial charge is 0.143 e. The summed E-state index contributed by atoms with van der Waals surface area (Å²) in [6.45, 7) is 0.763. The Morgan fingerprint density at radius 3 is 2.48 bits per heavy atom. The van der Waals surface area contributed by atoms with Gasteiger partial charge in [0.15, 0.2) is 0 Å². The van der Waals surface area contributed by atoms with Gasteiger partial charge < -0.3 is 9.47 Å². The highest BCUT2D eigenvalue weighted by Crippen LogP contribution is 2.40. The fraction of sp³-hybridized carbons (Fsp3) is 0.0400. The monoisotopic (exact) mass is 374 g/mol. The molecule has 4 heteroatoms. The summed E-state index contributed by atoms with van der Waals surface area (Å²) in [6, 6.07) is 29.2. The zero-order valence-electron chi connectivity index (χ0n) is 15.7. The van der Waals surface area contributed by atoms with Crippen molar-refractivity contribution in [2.75, 3.05) is 4.90 Å². The Labute approximate surface area is 168 Å². The van der Waals surface area contributed by atoms with Crippen LogP contribution in [0, 0.1) is 0 Å². The minimum Gasteiger partial charge on any atom is -0.318 e.